The molecule has 0 radical (unpaired) electrons. The zero-order valence-electron chi connectivity index (χ0n) is 23.1. The Morgan fingerprint density at radius 1 is 1.13 bits per heavy atom. The number of piperidine rings is 1. The maximum absolute atomic E-state index is 13.1. The Bertz CT molecular complexity index is 1320. The highest BCUT2D eigenvalue weighted by Gasteiger charge is 2.30. The molecule has 3 aromatic rings. The fourth-order valence-corrected chi connectivity index (χ4v) is 4.37. The number of carbonyl (C=O) groups is 2. The number of fused-ring (bicyclic) bond motifs is 1. The predicted molar refractivity (Wildman–Crippen MR) is 143 cm³/mol. The third-order valence-electron chi connectivity index (χ3n) is 6.21. The van der Waals surface area contributed by atoms with Crippen LogP contribution in [0.15, 0.2) is 18.6 Å². The van der Waals surface area contributed by atoms with Gasteiger partial charge < -0.3 is 29.0 Å². The van der Waals surface area contributed by atoms with Crippen LogP contribution < -0.4 is 15.0 Å². The number of likely N-dealkylation sites (tertiary alicyclic amines) is 1. The number of nitrogens with zero attached hydrogens (tertiary/aromatic N) is 7. The fraction of sp³-hybridized carbons (Fsp3) is 0.538. The van der Waals surface area contributed by atoms with E-state index in [0.717, 1.165) is 24.2 Å². The van der Waals surface area contributed by atoms with Crippen LogP contribution in [0.4, 0.5) is 16.6 Å². The average molecular weight is 525 g/mol. The van der Waals surface area contributed by atoms with Crippen molar-refractivity contribution in [1.29, 1.82) is 0 Å². The lowest BCUT2D eigenvalue weighted by molar-refractivity contribution is 0.0205. The van der Waals surface area contributed by atoms with Gasteiger partial charge in [-0.2, -0.15) is 4.98 Å². The van der Waals surface area contributed by atoms with Gasteiger partial charge in [-0.1, -0.05) is 0 Å². The normalized spacial score (nSPS) is 14.4. The molecule has 12 heteroatoms. The number of carbonyl (C=O) groups excluding carboxylic acids is 2. The molecular formula is C26H36N8O4. The van der Waals surface area contributed by atoms with Crippen molar-refractivity contribution in [2.75, 3.05) is 37.0 Å². The first-order valence-electron chi connectivity index (χ1n) is 12.8. The van der Waals surface area contributed by atoms with Crippen molar-refractivity contribution in [3.63, 3.8) is 0 Å². The average Bonchev–Trinajstić information content (AvgIpc) is 3.23. The minimum Gasteiger partial charge on any atom is -0.477 e. The fourth-order valence-electron chi connectivity index (χ4n) is 4.37. The maximum atomic E-state index is 13.1. The summed E-state index contributed by atoms with van der Waals surface area (Å²) in [4.78, 5) is 47.2. The molecule has 0 aliphatic carbocycles. The molecule has 0 unspecified atom stereocenters. The van der Waals surface area contributed by atoms with Crippen molar-refractivity contribution in [3.05, 3.63) is 35.5 Å². The van der Waals surface area contributed by atoms with Gasteiger partial charge >= 0.3 is 6.09 Å². The molecule has 0 aromatic carbocycles. The van der Waals surface area contributed by atoms with Crippen LogP contribution in [-0.2, 0) is 4.74 Å². The van der Waals surface area contributed by atoms with Crippen LogP contribution in [-0.4, -0.2) is 79.6 Å². The molecule has 12 nitrogen and oxygen atoms in total. The monoisotopic (exact) mass is 524 g/mol. The minimum atomic E-state index is -0.525. The van der Waals surface area contributed by atoms with Gasteiger partial charge in [0.25, 0.3) is 5.91 Å². The molecular weight excluding hydrogens is 488 g/mol. The highest BCUT2D eigenvalue weighted by molar-refractivity contribution is 6.05. The summed E-state index contributed by atoms with van der Waals surface area (Å²) in [5.74, 6) is 0.614. The zero-order valence-corrected chi connectivity index (χ0v) is 23.1. The summed E-state index contributed by atoms with van der Waals surface area (Å²) >= 11 is 0. The Morgan fingerprint density at radius 3 is 2.50 bits per heavy atom. The molecule has 1 aliphatic heterocycles. The molecule has 0 saturated carbocycles. The molecule has 1 saturated heterocycles. The van der Waals surface area contributed by atoms with E-state index in [2.05, 4.69) is 25.3 Å². The molecule has 1 fully saturated rings. The summed E-state index contributed by atoms with van der Waals surface area (Å²) in [7, 11) is 1.91. The molecule has 2 amide bonds. The topological polar surface area (TPSA) is 127 Å². The largest absolute Gasteiger partial charge is 0.477 e. The van der Waals surface area contributed by atoms with Crippen LogP contribution >= 0.6 is 0 Å². The quantitative estimate of drug-likeness (QED) is 0.514. The second kappa shape index (κ2) is 10.8. The first kappa shape index (κ1) is 27.1. The van der Waals surface area contributed by atoms with E-state index in [1.807, 2.05) is 64.1 Å². The molecule has 204 valence electrons. The van der Waals surface area contributed by atoms with E-state index in [9.17, 15) is 9.59 Å². The van der Waals surface area contributed by atoms with Crippen molar-refractivity contribution < 1.29 is 19.1 Å². The summed E-state index contributed by atoms with van der Waals surface area (Å²) < 4.78 is 13.0. The van der Waals surface area contributed by atoms with E-state index >= 15 is 0 Å². The Hall–Kier alpha value is -3.96. The van der Waals surface area contributed by atoms with Crippen molar-refractivity contribution in [3.8, 4) is 5.88 Å². The van der Waals surface area contributed by atoms with Crippen LogP contribution in [0.1, 0.15) is 62.3 Å². The first-order chi connectivity index (χ1) is 17.9. The van der Waals surface area contributed by atoms with Crippen molar-refractivity contribution in [1.82, 2.24) is 29.2 Å². The van der Waals surface area contributed by atoms with Gasteiger partial charge in [0.05, 0.1) is 24.2 Å². The Labute approximate surface area is 222 Å². The number of ether oxygens (including phenoxy) is 2. The van der Waals surface area contributed by atoms with Gasteiger partial charge in [-0.15, -0.1) is 0 Å². The van der Waals surface area contributed by atoms with Crippen LogP contribution in [0.5, 0.6) is 5.88 Å². The van der Waals surface area contributed by atoms with Crippen molar-refractivity contribution >= 4 is 29.4 Å². The lowest BCUT2D eigenvalue weighted by Gasteiger charge is -2.37. The van der Waals surface area contributed by atoms with Gasteiger partial charge in [0, 0.05) is 38.6 Å². The Balaban J connectivity index is 1.46. The molecule has 4 heterocycles. The third kappa shape index (κ3) is 6.12. The molecule has 4 rings (SSSR count). The maximum Gasteiger partial charge on any atom is 0.410 e. The van der Waals surface area contributed by atoms with Crippen LogP contribution in [0.25, 0.3) is 5.65 Å². The number of aromatic nitrogens is 5. The van der Waals surface area contributed by atoms with Gasteiger partial charge in [-0.25, -0.2) is 19.7 Å². The highest BCUT2D eigenvalue weighted by atomic mass is 16.6. The van der Waals surface area contributed by atoms with Gasteiger partial charge in [-0.05, 0) is 54.4 Å². The summed E-state index contributed by atoms with van der Waals surface area (Å²) in [6.45, 7) is 12.7. The van der Waals surface area contributed by atoms with E-state index in [0.29, 0.717) is 37.2 Å². The number of amides is 2. The van der Waals surface area contributed by atoms with Gasteiger partial charge in [-0.3, -0.25) is 4.79 Å². The highest BCUT2D eigenvalue weighted by Crippen LogP contribution is 2.25. The molecule has 38 heavy (non-hydrogen) atoms. The van der Waals surface area contributed by atoms with Crippen LogP contribution in [0.3, 0.4) is 0 Å². The number of aryl methyl sites for hydroxylation is 2. The number of anilines is 2. The van der Waals surface area contributed by atoms with Crippen molar-refractivity contribution in [2.24, 2.45) is 0 Å². The second-order valence-electron chi connectivity index (χ2n) is 10.4. The predicted octanol–water partition coefficient (Wildman–Crippen LogP) is 3.62. The zero-order chi connectivity index (χ0) is 27.6. The minimum absolute atomic E-state index is 0.125. The van der Waals surface area contributed by atoms with E-state index in [4.69, 9.17) is 9.47 Å². The van der Waals surface area contributed by atoms with Gasteiger partial charge in [0.15, 0.2) is 5.65 Å². The molecule has 1 aliphatic rings. The summed E-state index contributed by atoms with van der Waals surface area (Å²) in [5, 5.41) is 2.82. The number of hydrogen-bond acceptors (Lipinski definition) is 9. The number of hydrogen-bond donors (Lipinski definition) is 1. The van der Waals surface area contributed by atoms with Gasteiger partial charge in [0.2, 0.25) is 11.8 Å². The Kier molecular flexibility index (Phi) is 7.70. The lowest BCUT2D eigenvalue weighted by Crippen LogP contribution is -2.47. The van der Waals surface area contributed by atoms with E-state index in [1.54, 1.807) is 11.1 Å². The first-order valence-corrected chi connectivity index (χ1v) is 12.8. The molecule has 0 atom stereocenters. The SMILES string of the molecule is CCOc1nc(N(C)C2CCN(C(=O)OC(C)(C)C)CC2)ncc1C(=O)Nc1cn2cc(C)nc2c(C)n1. The standard InChI is InChI=1S/C26H36N8O4/c1-8-37-23-19(22(35)30-20-15-34-14-16(2)28-21(34)17(3)29-20)13-27-24(31-23)32(7)18-9-11-33(12-10-18)25(36)38-26(4,5)6/h13-15,18H,8-12H2,1-7H3,(H,30,35). The lowest BCUT2D eigenvalue weighted by atomic mass is 10.0. The molecule has 0 bridgehead atoms. The van der Waals surface area contributed by atoms with E-state index in [-0.39, 0.29) is 23.6 Å². The second-order valence-corrected chi connectivity index (χ2v) is 10.4. The number of imidazole rings is 1. The van der Waals surface area contributed by atoms with Gasteiger partial charge in [0.1, 0.15) is 17.0 Å². The summed E-state index contributed by atoms with van der Waals surface area (Å²) in [5.41, 5.74) is 1.99. The smallest absolute Gasteiger partial charge is 0.410 e. The number of rotatable bonds is 6. The Morgan fingerprint density at radius 2 is 1.84 bits per heavy atom. The van der Waals surface area contributed by atoms with Crippen LogP contribution in [0.2, 0.25) is 0 Å². The van der Waals surface area contributed by atoms with Crippen LogP contribution in [0, 0.1) is 13.8 Å². The third-order valence-corrected chi connectivity index (χ3v) is 6.21. The molecule has 3 aromatic heterocycles. The number of nitrogens with one attached hydrogen (secondary N) is 1. The summed E-state index contributed by atoms with van der Waals surface area (Å²) in [6.07, 6.45) is 6.25. The molecule has 1 N–H and O–H groups in total. The van der Waals surface area contributed by atoms with E-state index in [1.165, 1.54) is 6.20 Å². The van der Waals surface area contributed by atoms with Crippen molar-refractivity contribution in [2.45, 2.75) is 66.0 Å². The molecule has 0 spiro atoms. The van der Waals surface area contributed by atoms with E-state index < -0.39 is 11.5 Å². The summed E-state index contributed by atoms with van der Waals surface area (Å²) in [6, 6.07) is 0.125.